The standard InChI is InChI=1S/C15H23NO2/c1-17-14-9-8-12(15(10-14)18-2)11-16-13-6-4-3-5-7-13/h8-10,13,16H,3-7,11H2,1-2H3. The van der Waals surface area contributed by atoms with E-state index in [1.165, 1.54) is 37.7 Å². The van der Waals surface area contributed by atoms with Crippen molar-refractivity contribution in [3.8, 4) is 11.5 Å². The topological polar surface area (TPSA) is 30.5 Å². The van der Waals surface area contributed by atoms with Gasteiger partial charge in [-0.15, -0.1) is 0 Å². The second-order valence-corrected chi connectivity index (χ2v) is 4.89. The first kappa shape index (κ1) is 13.2. The van der Waals surface area contributed by atoms with Gasteiger partial charge in [-0.05, 0) is 18.9 Å². The third-order valence-corrected chi connectivity index (χ3v) is 3.68. The van der Waals surface area contributed by atoms with Crippen molar-refractivity contribution in [2.45, 2.75) is 44.7 Å². The fourth-order valence-electron chi connectivity index (χ4n) is 2.56. The summed E-state index contributed by atoms with van der Waals surface area (Å²) in [4.78, 5) is 0. The van der Waals surface area contributed by atoms with E-state index >= 15 is 0 Å². The molecule has 0 spiro atoms. The van der Waals surface area contributed by atoms with Crippen molar-refractivity contribution in [3.05, 3.63) is 23.8 Å². The Labute approximate surface area is 109 Å². The Bertz CT molecular complexity index is 373. The Morgan fingerprint density at radius 2 is 1.89 bits per heavy atom. The van der Waals surface area contributed by atoms with Crippen LogP contribution in [0.4, 0.5) is 0 Å². The molecule has 0 aromatic heterocycles. The molecular weight excluding hydrogens is 226 g/mol. The van der Waals surface area contributed by atoms with Gasteiger partial charge in [-0.2, -0.15) is 0 Å². The van der Waals surface area contributed by atoms with Crippen LogP contribution >= 0.6 is 0 Å². The van der Waals surface area contributed by atoms with E-state index in [-0.39, 0.29) is 0 Å². The summed E-state index contributed by atoms with van der Waals surface area (Å²) in [6.07, 6.45) is 6.72. The smallest absolute Gasteiger partial charge is 0.127 e. The van der Waals surface area contributed by atoms with Crippen molar-refractivity contribution < 1.29 is 9.47 Å². The van der Waals surface area contributed by atoms with Crippen LogP contribution in [0.2, 0.25) is 0 Å². The summed E-state index contributed by atoms with van der Waals surface area (Å²) in [7, 11) is 3.38. The van der Waals surface area contributed by atoms with Crippen LogP contribution in [0.25, 0.3) is 0 Å². The van der Waals surface area contributed by atoms with Crippen molar-refractivity contribution in [2.75, 3.05) is 14.2 Å². The minimum absolute atomic E-state index is 0.672. The normalized spacial score (nSPS) is 16.6. The summed E-state index contributed by atoms with van der Waals surface area (Å²) in [6.45, 7) is 0.873. The Balaban J connectivity index is 1.95. The van der Waals surface area contributed by atoms with Crippen LogP contribution in [0, 0.1) is 0 Å². The van der Waals surface area contributed by atoms with Crippen LogP contribution in [-0.4, -0.2) is 20.3 Å². The molecule has 2 rings (SSSR count). The third kappa shape index (κ3) is 3.39. The van der Waals surface area contributed by atoms with E-state index in [4.69, 9.17) is 9.47 Å². The number of ether oxygens (including phenoxy) is 2. The van der Waals surface area contributed by atoms with Crippen LogP contribution in [0.15, 0.2) is 18.2 Å². The Kier molecular flexibility index (Phi) is 4.88. The van der Waals surface area contributed by atoms with Gasteiger partial charge in [-0.3, -0.25) is 0 Å². The maximum atomic E-state index is 5.41. The number of rotatable bonds is 5. The average molecular weight is 249 g/mol. The van der Waals surface area contributed by atoms with Gasteiger partial charge in [-0.1, -0.05) is 25.3 Å². The zero-order valence-corrected chi connectivity index (χ0v) is 11.4. The third-order valence-electron chi connectivity index (χ3n) is 3.68. The van der Waals surface area contributed by atoms with E-state index in [9.17, 15) is 0 Å². The van der Waals surface area contributed by atoms with Gasteiger partial charge in [0, 0.05) is 24.2 Å². The summed E-state index contributed by atoms with van der Waals surface area (Å²) < 4.78 is 10.6. The van der Waals surface area contributed by atoms with Crippen molar-refractivity contribution >= 4 is 0 Å². The zero-order valence-electron chi connectivity index (χ0n) is 11.4. The van der Waals surface area contributed by atoms with E-state index in [1.54, 1.807) is 14.2 Å². The van der Waals surface area contributed by atoms with Gasteiger partial charge in [0.1, 0.15) is 11.5 Å². The lowest BCUT2D eigenvalue weighted by Crippen LogP contribution is -2.30. The molecule has 0 saturated heterocycles. The minimum Gasteiger partial charge on any atom is -0.497 e. The largest absolute Gasteiger partial charge is 0.497 e. The Morgan fingerprint density at radius 1 is 1.11 bits per heavy atom. The van der Waals surface area contributed by atoms with Crippen LogP contribution in [-0.2, 0) is 6.54 Å². The van der Waals surface area contributed by atoms with Gasteiger partial charge >= 0.3 is 0 Å². The summed E-state index contributed by atoms with van der Waals surface area (Å²) in [5, 5.41) is 3.63. The quantitative estimate of drug-likeness (QED) is 0.869. The van der Waals surface area contributed by atoms with Crippen molar-refractivity contribution in [3.63, 3.8) is 0 Å². The zero-order chi connectivity index (χ0) is 12.8. The fourth-order valence-corrected chi connectivity index (χ4v) is 2.56. The molecule has 0 atom stereocenters. The highest BCUT2D eigenvalue weighted by atomic mass is 16.5. The van der Waals surface area contributed by atoms with Gasteiger partial charge in [0.05, 0.1) is 14.2 Å². The lowest BCUT2D eigenvalue weighted by atomic mass is 9.95. The molecule has 1 aromatic carbocycles. The van der Waals surface area contributed by atoms with Crippen LogP contribution in [0.1, 0.15) is 37.7 Å². The monoisotopic (exact) mass is 249 g/mol. The molecule has 1 aliphatic carbocycles. The van der Waals surface area contributed by atoms with Crippen molar-refractivity contribution in [1.82, 2.24) is 5.32 Å². The van der Waals surface area contributed by atoms with Crippen LogP contribution in [0.3, 0.4) is 0 Å². The SMILES string of the molecule is COc1ccc(CNC2CCCCC2)c(OC)c1. The highest BCUT2D eigenvalue weighted by molar-refractivity contribution is 5.40. The molecule has 0 radical (unpaired) electrons. The van der Waals surface area contributed by atoms with Gasteiger partial charge in [0.25, 0.3) is 0 Å². The first-order valence-corrected chi connectivity index (χ1v) is 6.78. The summed E-state index contributed by atoms with van der Waals surface area (Å²) in [5.74, 6) is 1.74. The molecule has 0 aliphatic heterocycles. The molecule has 0 bridgehead atoms. The molecule has 0 amide bonds. The molecule has 3 heteroatoms. The maximum Gasteiger partial charge on any atom is 0.127 e. The lowest BCUT2D eigenvalue weighted by molar-refractivity contribution is 0.363. The van der Waals surface area contributed by atoms with E-state index in [2.05, 4.69) is 11.4 Å². The molecule has 1 N–H and O–H groups in total. The van der Waals surface area contributed by atoms with Crippen molar-refractivity contribution in [1.29, 1.82) is 0 Å². The molecule has 0 heterocycles. The summed E-state index contributed by atoms with van der Waals surface area (Å²) >= 11 is 0. The van der Waals surface area contributed by atoms with Gasteiger partial charge < -0.3 is 14.8 Å². The highest BCUT2D eigenvalue weighted by Gasteiger charge is 2.13. The highest BCUT2D eigenvalue weighted by Crippen LogP contribution is 2.25. The number of methoxy groups -OCH3 is 2. The predicted molar refractivity (Wildman–Crippen MR) is 73.3 cm³/mol. The number of nitrogens with one attached hydrogen (secondary N) is 1. The van der Waals surface area contributed by atoms with Crippen LogP contribution < -0.4 is 14.8 Å². The summed E-state index contributed by atoms with van der Waals surface area (Å²) in [5.41, 5.74) is 1.20. The van der Waals surface area contributed by atoms with E-state index in [0.717, 1.165) is 18.0 Å². The molecule has 1 aromatic rings. The first-order chi connectivity index (χ1) is 8.83. The van der Waals surface area contributed by atoms with Gasteiger partial charge in [0.15, 0.2) is 0 Å². The van der Waals surface area contributed by atoms with Crippen molar-refractivity contribution in [2.24, 2.45) is 0 Å². The molecular formula is C15H23NO2. The fraction of sp³-hybridized carbons (Fsp3) is 0.600. The summed E-state index contributed by atoms with van der Waals surface area (Å²) in [6, 6.07) is 6.68. The van der Waals surface area contributed by atoms with Gasteiger partial charge in [-0.25, -0.2) is 0 Å². The molecule has 3 nitrogen and oxygen atoms in total. The van der Waals surface area contributed by atoms with E-state index < -0.39 is 0 Å². The second-order valence-electron chi connectivity index (χ2n) is 4.89. The second kappa shape index (κ2) is 6.64. The molecule has 100 valence electrons. The lowest BCUT2D eigenvalue weighted by Gasteiger charge is -2.23. The molecule has 18 heavy (non-hydrogen) atoms. The van der Waals surface area contributed by atoms with E-state index in [0.29, 0.717) is 6.04 Å². The molecule has 1 fully saturated rings. The van der Waals surface area contributed by atoms with Crippen LogP contribution in [0.5, 0.6) is 11.5 Å². The predicted octanol–water partition coefficient (Wildman–Crippen LogP) is 3.13. The molecule has 0 unspecified atom stereocenters. The average Bonchev–Trinajstić information content (AvgIpc) is 2.46. The van der Waals surface area contributed by atoms with E-state index in [1.807, 2.05) is 12.1 Å². The molecule has 1 aliphatic rings. The Morgan fingerprint density at radius 3 is 2.56 bits per heavy atom. The first-order valence-electron chi connectivity index (χ1n) is 6.78. The maximum absolute atomic E-state index is 5.41. The number of hydrogen-bond donors (Lipinski definition) is 1. The number of hydrogen-bond acceptors (Lipinski definition) is 3. The van der Waals surface area contributed by atoms with Gasteiger partial charge in [0.2, 0.25) is 0 Å². The minimum atomic E-state index is 0.672. The number of benzene rings is 1. The Hall–Kier alpha value is -1.22. The molecule has 1 saturated carbocycles.